The van der Waals surface area contributed by atoms with Crippen molar-refractivity contribution < 1.29 is 19.2 Å². The van der Waals surface area contributed by atoms with Crippen molar-refractivity contribution in [2.45, 2.75) is 33.1 Å². The van der Waals surface area contributed by atoms with Crippen LogP contribution in [-0.4, -0.2) is 36.7 Å². The van der Waals surface area contributed by atoms with Gasteiger partial charge < -0.3 is 20.4 Å². The maximum Gasteiger partial charge on any atom is 0.258 e. The van der Waals surface area contributed by atoms with Crippen molar-refractivity contribution in [2.75, 3.05) is 33.5 Å². The number of hydrogen-bond donors (Lipinski definition) is 2. The second kappa shape index (κ2) is 15.1. The van der Waals surface area contributed by atoms with Crippen molar-refractivity contribution in [2.24, 2.45) is 0 Å². The molecule has 8 nitrogen and oxygen atoms in total. The minimum absolute atomic E-state index is 0.137. The quantitative estimate of drug-likeness (QED) is 0.195. The molecule has 0 unspecified atom stereocenters. The number of benzene rings is 4. The number of rotatable bonds is 12. The highest BCUT2D eigenvalue weighted by atomic mass is 16.2. The lowest BCUT2D eigenvalue weighted by Crippen LogP contribution is -2.30. The molecule has 0 aromatic heterocycles. The molecule has 0 fully saturated rings. The molecular formula is C35H36N4O4. The third-order valence-corrected chi connectivity index (χ3v) is 6.85. The van der Waals surface area contributed by atoms with Crippen molar-refractivity contribution >= 4 is 46.4 Å². The van der Waals surface area contributed by atoms with Crippen LogP contribution in [0, 0.1) is 0 Å². The van der Waals surface area contributed by atoms with Gasteiger partial charge in [0.2, 0.25) is 11.8 Å². The first-order valence-electron chi connectivity index (χ1n) is 14.4. The van der Waals surface area contributed by atoms with Crippen LogP contribution in [0.15, 0.2) is 109 Å². The number of carbonyl (C=O) groups is 4. The molecule has 0 aliphatic rings. The van der Waals surface area contributed by atoms with E-state index < -0.39 is 0 Å². The number of para-hydroxylation sites is 2. The average Bonchev–Trinajstić information content (AvgIpc) is 3.03. The van der Waals surface area contributed by atoms with Gasteiger partial charge in [0, 0.05) is 59.8 Å². The molecule has 220 valence electrons. The standard InChI is InChI=1S/C35H36N4O4/c1-3-38(30-18-7-5-8-19-30)34(42)26-14-11-16-28(24-26)36-32(40)22-13-23-33(41)37-29-17-12-15-27(25-29)35(43)39(4-2)31-20-9-6-10-21-31/h5-12,14-21,24-25H,3-4,13,22-23H2,1-2H3,(H,36,40)(H,37,41). The van der Waals surface area contributed by atoms with Crippen molar-refractivity contribution in [3.63, 3.8) is 0 Å². The minimum Gasteiger partial charge on any atom is -0.326 e. The maximum atomic E-state index is 13.1. The number of nitrogens with one attached hydrogen (secondary N) is 2. The maximum absolute atomic E-state index is 13.1. The highest BCUT2D eigenvalue weighted by molar-refractivity contribution is 6.08. The van der Waals surface area contributed by atoms with Crippen molar-refractivity contribution in [1.82, 2.24) is 0 Å². The number of anilines is 4. The first kappa shape index (κ1) is 30.7. The Bertz CT molecular complexity index is 1440. The molecule has 0 heterocycles. The highest BCUT2D eigenvalue weighted by Gasteiger charge is 2.18. The van der Waals surface area contributed by atoms with Crippen LogP contribution >= 0.6 is 0 Å². The van der Waals surface area contributed by atoms with Crippen LogP contribution in [0.3, 0.4) is 0 Å². The van der Waals surface area contributed by atoms with Gasteiger partial charge in [-0.2, -0.15) is 0 Å². The second-order valence-electron chi connectivity index (χ2n) is 9.88. The molecule has 0 saturated heterocycles. The molecule has 0 saturated carbocycles. The van der Waals surface area contributed by atoms with E-state index in [2.05, 4.69) is 10.6 Å². The molecule has 4 amide bonds. The molecule has 4 aromatic carbocycles. The van der Waals surface area contributed by atoms with E-state index in [0.29, 0.717) is 42.0 Å². The molecule has 8 heteroatoms. The van der Waals surface area contributed by atoms with E-state index >= 15 is 0 Å². The van der Waals surface area contributed by atoms with Gasteiger partial charge in [0.15, 0.2) is 0 Å². The van der Waals surface area contributed by atoms with Gasteiger partial charge in [-0.1, -0.05) is 48.5 Å². The SMILES string of the molecule is CCN(C(=O)c1cccc(NC(=O)CCCC(=O)Nc2cccc(C(=O)N(CC)c3ccccc3)c2)c1)c1ccccc1. The number of nitrogens with zero attached hydrogens (tertiary/aromatic N) is 2. The van der Waals surface area contributed by atoms with E-state index in [1.807, 2.05) is 74.5 Å². The zero-order chi connectivity index (χ0) is 30.6. The number of carbonyl (C=O) groups excluding carboxylic acids is 4. The van der Waals surface area contributed by atoms with Crippen LogP contribution in [0.25, 0.3) is 0 Å². The minimum atomic E-state index is -0.249. The van der Waals surface area contributed by atoms with Crippen LogP contribution < -0.4 is 20.4 Å². The monoisotopic (exact) mass is 576 g/mol. The van der Waals surface area contributed by atoms with Gasteiger partial charge in [0.05, 0.1) is 0 Å². The highest BCUT2D eigenvalue weighted by Crippen LogP contribution is 2.21. The van der Waals surface area contributed by atoms with Gasteiger partial charge in [-0.3, -0.25) is 19.2 Å². The summed E-state index contributed by atoms with van der Waals surface area (Å²) >= 11 is 0. The zero-order valence-corrected chi connectivity index (χ0v) is 24.5. The second-order valence-corrected chi connectivity index (χ2v) is 9.88. The third-order valence-electron chi connectivity index (χ3n) is 6.85. The molecule has 0 aliphatic carbocycles. The Morgan fingerprint density at radius 3 is 1.30 bits per heavy atom. The summed E-state index contributed by atoms with van der Waals surface area (Å²) in [5.41, 5.74) is 3.57. The zero-order valence-electron chi connectivity index (χ0n) is 24.5. The molecule has 43 heavy (non-hydrogen) atoms. The van der Waals surface area contributed by atoms with Crippen LogP contribution in [0.4, 0.5) is 22.7 Å². The summed E-state index contributed by atoms with van der Waals surface area (Å²) in [6.45, 7) is 4.84. The fraction of sp³-hybridized carbons (Fsp3) is 0.200. The topological polar surface area (TPSA) is 98.8 Å². The molecule has 0 bridgehead atoms. The largest absolute Gasteiger partial charge is 0.326 e. The van der Waals surface area contributed by atoms with Gasteiger partial charge in [0.25, 0.3) is 11.8 Å². The molecule has 4 rings (SSSR count). The van der Waals surface area contributed by atoms with Crippen LogP contribution in [0.1, 0.15) is 53.8 Å². The lowest BCUT2D eigenvalue weighted by atomic mass is 10.1. The smallest absolute Gasteiger partial charge is 0.258 e. The van der Waals surface area contributed by atoms with E-state index in [1.165, 1.54) is 0 Å². The summed E-state index contributed by atoms with van der Waals surface area (Å²) < 4.78 is 0. The Labute approximate surface area is 252 Å². The summed E-state index contributed by atoms with van der Waals surface area (Å²) in [5, 5.41) is 5.65. The predicted molar refractivity (Wildman–Crippen MR) is 172 cm³/mol. The molecule has 2 N–H and O–H groups in total. The van der Waals surface area contributed by atoms with E-state index in [0.717, 1.165) is 11.4 Å². The normalized spacial score (nSPS) is 10.5. The van der Waals surface area contributed by atoms with Crippen molar-refractivity contribution in [3.8, 4) is 0 Å². The first-order valence-corrected chi connectivity index (χ1v) is 14.4. The van der Waals surface area contributed by atoms with Crippen LogP contribution in [-0.2, 0) is 9.59 Å². The third kappa shape index (κ3) is 8.39. The van der Waals surface area contributed by atoms with E-state index in [-0.39, 0.29) is 36.5 Å². The Morgan fingerprint density at radius 2 is 0.930 bits per heavy atom. The van der Waals surface area contributed by atoms with Gasteiger partial charge >= 0.3 is 0 Å². The van der Waals surface area contributed by atoms with Gasteiger partial charge in [-0.25, -0.2) is 0 Å². The van der Waals surface area contributed by atoms with Crippen LogP contribution in [0.5, 0.6) is 0 Å². The molecule has 4 aromatic rings. The first-order chi connectivity index (χ1) is 20.9. The Kier molecular flexibility index (Phi) is 10.8. The summed E-state index contributed by atoms with van der Waals surface area (Å²) in [6, 6.07) is 32.5. The van der Waals surface area contributed by atoms with E-state index in [1.54, 1.807) is 58.3 Å². The number of amides is 4. The van der Waals surface area contributed by atoms with E-state index in [4.69, 9.17) is 0 Å². The predicted octanol–water partition coefficient (Wildman–Crippen LogP) is 6.77. The molecular weight excluding hydrogens is 540 g/mol. The lowest BCUT2D eigenvalue weighted by Gasteiger charge is -2.21. The summed E-state index contributed by atoms with van der Waals surface area (Å²) in [6.07, 6.45) is 0.611. The van der Waals surface area contributed by atoms with Crippen LogP contribution in [0.2, 0.25) is 0 Å². The lowest BCUT2D eigenvalue weighted by molar-refractivity contribution is -0.117. The van der Waals surface area contributed by atoms with Gasteiger partial charge in [-0.05, 0) is 80.9 Å². The summed E-state index contributed by atoms with van der Waals surface area (Å²) in [5.74, 6) is -0.814. The van der Waals surface area contributed by atoms with Crippen molar-refractivity contribution in [3.05, 3.63) is 120 Å². The number of hydrogen-bond acceptors (Lipinski definition) is 4. The van der Waals surface area contributed by atoms with Gasteiger partial charge in [0.1, 0.15) is 0 Å². The summed E-state index contributed by atoms with van der Waals surface area (Å²) in [7, 11) is 0. The van der Waals surface area contributed by atoms with E-state index in [9.17, 15) is 19.2 Å². The average molecular weight is 577 g/mol. The molecule has 0 aliphatic heterocycles. The Balaban J connectivity index is 1.27. The molecule has 0 radical (unpaired) electrons. The molecule has 0 atom stereocenters. The Hall–Kier alpha value is -5.24. The Morgan fingerprint density at radius 1 is 0.535 bits per heavy atom. The van der Waals surface area contributed by atoms with Gasteiger partial charge in [-0.15, -0.1) is 0 Å². The fourth-order valence-corrected chi connectivity index (χ4v) is 4.73. The van der Waals surface area contributed by atoms with Crippen molar-refractivity contribution in [1.29, 1.82) is 0 Å². The summed E-state index contributed by atoms with van der Waals surface area (Å²) in [4.78, 5) is 54.8. The fourth-order valence-electron chi connectivity index (χ4n) is 4.73. The molecule has 0 spiro atoms.